The van der Waals surface area contributed by atoms with Gasteiger partial charge in [0.2, 0.25) is 0 Å². The molecular formula is C10H17N5O5S. The van der Waals surface area contributed by atoms with Gasteiger partial charge in [0.25, 0.3) is 0 Å². The number of aromatic nitrogens is 2. The maximum Gasteiger partial charge on any atom is 0.328 e. The SMILES string of the molecule is CC(O)C(N)c1nnc(CNC(=O)N[C@@H](CO)C(=O)O)s1. The van der Waals surface area contributed by atoms with Gasteiger partial charge in [-0.25, -0.2) is 9.59 Å². The molecule has 1 aromatic rings. The first kappa shape index (κ1) is 17.2. The molecule has 0 fully saturated rings. The molecule has 10 nitrogen and oxygen atoms in total. The molecule has 0 aliphatic rings. The molecule has 1 heterocycles. The van der Waals surface area contributed by atoms with Gasteiger partial charge >= 0.3 is 12.0 Å². The summed E-state index contributed by atoms with van der Waals surface area (Å²) in [7, 11) is 0. The summed E-state index contributed by atoms with van der Waals surface area (Å²) in [6.07, 6.45) is -0.775. The van der Waals surface area contributed by atoms with E-state index >= 15 is 0 Å². The Hall–Kier alpha value is -1.82. The lowest BCUT2D eigenvalue weighted by atomic mass is 10.2. The molecule has 0 saturated heterocycles. The van der Waals surface area contributed by atoms with Crippen LogP contribution in [0.4, 0.5) is 4.79 Å². The minimum atomic E-state index is -1.38. The molecule has 0 radical (unpaired) electrons. The number of nitrogens with zero attached hydrogens (tertiary/aromatic N) is 2. The summed E-state index contributed by atoms with van der Waals surface area (Å²) < 4.78 is 0. The normalized spacial score (nSPS) is 15.0. The second-order valence-corrected chi connectivity index (χ2v) is 5.29. The number of carboxylic acids is 1. The van der Waals surface area contributed by atoms with Crippen LogP contribution < -0.4 is 16.4 Å². The van der Waals surface area contributed by atoms with Crippen LogP contribution in [-0.4, -0.2) is 56.3 Å². The van der Waals surface area contributed by atoms with Gasteiger partial charge < -0.3 is 31.7 Å². The standard InChI is InChI=1S/C10H17N5O5S/c1-4(17)7(11)8-15-14-6(21-8)2-12-10(20)13-5(3-16)9(18)19/h4-5,7,16-17H,2-3,11H2,1H3,(H,18,19)(H2,12,13,20)/t4?,5-,7?/m0/s1. The van der Waals surface area contributed by atoms with Gasteiger partial charge in [-0.3, -0.25) is 0 Å². The van der Waals surface area contributed by atoms with Crippen molar-refractivity contribution in [1.29, 1.82) is 0 Å². The summed E-state index contributed by atoms with van der Waals surface area (Å²) >= 11 is 1.13. The van der Waals surface area contributed by atoms with Crippen molar-refractivity contribution >= 4 is 23.3 Å². The van der Waals surface area contributed by atoms with E-state index in [-0.39, 0.29) is 6.54 Å². The summed E-state index contributed by atoms with van der Waals surface area (Å²) in [5.74, 6) is -1.34. The second kappa shape index (κ2) is 7.83. The van der Waals surface area contributed by atoms with Crippen LogP contribution in [0.2, 0.25) is 0 Å². The number of hydrogen-bond donors (Lipinski definition) is 6. The highest BCUT2D eigenvalue weighted by atomic mass is 32.1. The number of aliphatic carboxylic acids is 1. The van der Waals surface area contributed by atoms with Crippen molar-refractivity contribution < 1.29 is 24.9 Å². The molecule has 21 heavy (non-hydrogen) atoms. The van der Waals surface area contributed by atoms with Gasteiger partial charge in [-0.1, -0.05) is 11.3 Å². The fourth-order valence-corrected chi connectivity index (χ4v) is 2.11. The van der Waals surface area contributed by atoms with E-state index in [0.717, 1.165) is 11.3 Å². The molecule has 1 rings (SSSR count). The first-order chi connectivity index (χ1) is 9.85. The Morgan fingerprint density at radius 3 is 2.62 bits per heavy atom. The van der Waals surface area contributed by atoms with Crippen LogP contribution in [0.15, 0.2) is 0 Å². The number of aliphatic hydroxyl groups is 2. The smallest absolute Gasteiger partial charge is 0.328 e. The molecule has 11 heteroatoms. The van der Waals surface area contributed by atoms with Crippen molar-refractivity contribution in [2.45, 2.75) is 31.7 Å². The van der Waals surface area contributed by atoms with E-state index in [4.69, 9.17) is 15.9 Å². The number of urea groups is 1. The lowest BCUT2D eigenvalue weighted by Gasteiger charge is -2.11. The van der Waals surface area contributed by atoms with Gasteiger partial charge in [0.15, 0.2) is 6.04 Å². The number of carboxylic acid groups (broad SMARTS) is 1. The van der Waals surface area contributed by atoms with Gasteiger partial charge in [0.1, 0.15) is 10.0 Å². The highest BCUT2D eigenvalue weighted by Crippen LogP contribution is 2.18. The van der Waals surface area contributed by atoms with E-state index in [1.807, 2.05) is 0 Å². The Morgan fingerprint density at radius 2 is 2.10 bits per heavy atom. The lowest BCUT2D eigenvalue weighted by molar-refractivity contribution is -0.140. The number of amides is 2. The number of carbonyl (C=O) groups is 2. The lowest BCUT2D eigenvalue weighted by Crippen LogP contribution is -2.47. The summed E-state index contributed by atoms with van der Waals surface area (Å²) in [4.78, 5) is 22.1. The average molecular weight is 319 g/mol. The quantitative estimate of drug-likeness (QED) is 0.340. The largest absolute Gasteiger partial charge is 0.480 e. The van der Waals surface area contributed by atoms with E-state index < -0.39 is 36.8 Å². The maximum absolute atomic E-state index is 11.4. The van der Waals surface area contributed by atoms with E-state index in [2.05, 4.69) is 20.8 Å². The predicted octanol–water partition coefficient (Wildman–Crippen LogP) is -1.84. The number of nitrogens with two attached hydrogens (primary N) is 1. The van der Waals surface area contributed by atoms with Crippen molar-refractivity contribution in [2.24, 2.45) is 5.73 Å². The van der Waals surface area contributed by atoms with Crippen LogP contribution in [0.5, 0.6) is 0 Å². The molecule has 1 aromatic heterocycles. The van der Waals surface area contributed by atoms with Gasteiger partial charge in [-0.05, 0) is 6.92 Å². The molecule has 0 saturated carbocycles. The highest BCUT2D eigenvalue weighted by molar-refractivity contribution is 7.11. The average Bonchev–Trinajstić information content (AvgIpc) is 2.89. The molecule has 2 unspecified atom stereocenters. The molecule has 0 aliphatic carbocycles. The highest BCUT2D eigenvalue weighted by Gasteiger charge is 2.20. The van der Waals surface area contributed by atoms with Crippen molar-refractivity contribution in [2.75, 3.05) is 6.61 Å². The van der Waals surface area contributed by atoms with E-state index in [0.29, 0.717) is 10.0 Å². The number of carbonyl (C=O) groups excluding carboxylic acids is 1. The molecule has 7 N–H and O–H groups in total. The monoisotopic (exact) mass is 319 g/mol. The number of aliphatic hydroxyl groups excluding tert-OH is 2. The third-order valence-corrected chi connectivity index (χ3v) is 3.50. The Bertz CT molecular complexity index is 494. The first-order valence-electron chi connectivity index (χ1n) is 5.99. The van der Waals surface area contributed by atoms with E-state index in [1.165, 1.54) is 6.92 Å². The fraction of sp³-hybridized carbons (Fsp3) is 0.600. The fourth-order valence-electron chi connectivity index (χ4n) is 1.23. The summed E-state index contributed by atoms with van der Waals surface area (Å²) in [5.41, 5.74) is 5.69. The number of hydrogen-bond acceptors (Lipinski definition) is 8. The Balaban J connectivity index is 2.48. The first-order valence-corrected chi connectivity index (χ1v) is 6.80. The van der Waals surface area contributed by atoms with Gasteiger partial charge in [0.05, 0.1) is 25.3 Å². The van der Waals surface area contributed by atoms with E-state index in [9.17, 15) is 14.7 Å². The molecule has 118 valence electrons. The Labute approximate surface area is 124 Å². The third-order valence-electron chi connectivity index (χ3n) is 2.47. The van der Waals surface area contributed by atoms with Crippen molar-refractivity contribution in [1.82, 2.24) is 20.8 Å². The van der Waals surface area contributed by atoms with Gasteiger partial charge in [-0.2, -0.15) is 0 Å². The molecular weight excluding hydrogens is 302 g/mol. The van der Waals surface area contributed by atoms with Crippen LogP contribution in [0.1, 0.15) is 23.0 Å². The minimum Gasteiger partial charge on any atom is -0.480 e. The van der Waals surface area contributed by atoms with Crippen molar-refractivity contribution in [3.8, 4) is 0 Å². The van der Waals surface area contributed by atoms with Crippen molar-refractivity contribution in [3.05, 3.63) is 10.0 Å². The molecule has 0 bridgehead atoms. The van der Waals surface area contributed by atoms with Gasteiger partial charge in [-0.15, -0.1) is 10.2 Å². The zero-order valence-corrected chi connectivity index (χ0v) is 12.0. The maximum atomic E-state index is 11.4. The summed E-state index contributed by atoms with van der Waals surface area (Å²) in [6, 6.07) is -2.79. The minimum absolute atomic E-state index is 0.0216. The number of rotatable bonds is 7. The topological polar surface area (TPSA) is 171 Å². The van der Waals surface area contributed by atoms with E-state index in [1.54, 1.807) is 0 Å². The van der Waals surface area contributed by atoms with Crippen LogP contribution in [-0.2, 0) is 11.3 Å². The van der Waals surface area contributed by atoms with Crippen molar-refractivity contribution in [3.63, 3.8) is 0 Å². The zero-order chi connectivity index (χ0) is 16.0. The second-order valence-electron chi connectivity index (χ2n) is 4.20. The van der Waals surface area contributed by atoms with Crippen LogP contribution >= 0.6 is 11.3 Å². The van der Waals surface area contributed by atoms with Crippen LogP contribution in [0, 0.1) is 0 Å². The van der Waals surface area contributed by atoms with Crippen LogP contribution in [0.3, 0.4) is 0 Å². The third kappa shape index (κ3) is 5.23. The summed E-state index contributed by atoms with van der Waals surface area (Å²) in [6.45, 7) is 0.834. The molecule has 3 atom stereocenters. The molecule has 0 aliphatic heterocycles. The molecule has 2 amide bonds. The summed E-state index contributed by atoms with van der Waals surface area (Å²) in [5, 5.41) is 39.7. The Morgan fingerprint density at radius 1 is 1.43 bits per heavy atom. The predicted molar refractivity (Wildman–Crippen MR) is 72.4 cm³/mol. The Kier molecular flexibility index (Phi) is 6.42. The molecule has 0 aromatic carbocycles. The van der Waals surface area contributed by atoms with Crippen LogP contribution in [0.25, 0.3) is 0 Å². The molecule has 0 spiro atoms. The number of nitrogens with one attached hydrogen (secondary N) is 2. The van der Waals surface area contributed by atoms with Gasteiger partial charge in [0, 0.05) is 0 Å². The zero-order valence-electron chi connectivity index (χ0n) is 11.2.